The molecule has 0 bridgehead atoms. The zero-order chi connectivity index (χ0) is 12.9. The third kappa shape index (κ3) is 5.36. The van der Waals surface area contributed by atoms with Gasteiger partial charge in [-0.15, -0.1) is 0 Å². The lowest BCUT2D eigenvalue weighted by atomic mass is 10.0. The van der Waals surface area contributed by atoms with Crippen LogP contribution in [-0.4, -0.2) is 60.6 Å². The second-order valence-electron chi connectivity index (χ2n) is 6.14. The summed E-state index contributed by atoms with van der Waals surface area (Å²) in [5, 5.41) is 3.63. The molecule has 0 aromatic heterocycles. The van der Waals surface area contributed by atoms with Gasteiger partial charge in [0.2, 0.25) is 0 Å². The van der Waals surface area contributed by atoms with Crippen LogP contribution in [0.4, 0.5) is 0 Å². The van der Waals surface area contributed by atoms with Crippen molar-refractivity contribution in [1.82, 2.24) is 15.1 Å². The van der Waals surface area contributed by atoms with Crippen molar-refractivity contribution < 1.29 is 0 Å². The SMILES string of the molecule is CCC(C)(C)NCCN1CCN(C(C)C)CC1. The molecule has 1 aliphatic heterocycles. The molecule has 1 rings (SSSR count). The fourth-order valence-corrected chi connectivity index (χ4v) is 2.18. The summed E-state index contributed by atoms with van der Waals surface area (Å²) < 4.78 is 0. The average molecular weight is 241 g/mol. The van der Waals surface area contributed by atoms with Crippen molar-refractivity contribution in [3.8, 4) is 0 Å². The number of piperazine rings is 1. The minimum absolute atomic E-state index is 0.291. The van der Waals surface area contributed by atoms with E-state index in [4.69, 9.17) is 0 Å². The van der Waals surface area contributed by atoms with Crippen molar-refractivity contribution in [2.24, 2.45) is 0 Å². The van der Waals surface area contributed by atoms with Gasteiger partial charge >= 0.3 is 0 Å². The minimum Gasteiger partial charge on any atom is -0.311 e. The van der Waals surface area contributed by atoms with Crippen molar-refractivity contribution in [2.75, 3.05) is 39.3 Å². The summed E-state index contributed by atoms with van der Waals surface area (Å²) in [6, 6.07) is 0.703. The van der Waals surface area contributed by atoms with Crippen LogP contribution in [0, 0.1) is 0 Å². The van der Waals surface area contributed by atoms with Gasteiger partial charge in [0, 0.05) is 50.8 Å². The summed E-state index contributed by atoms with van der Waals surface area (Å²) in [5.41, 5.74) is 0.291. The molecule has 3 heteroatoms. The van der Waals surface area contributed by atoms with E-state index in [1.807, 2.05) is 0 Å². The molecule has 0 saturated carbocycles. The molecule has 0 aliphatic carbocycles. The van der Waals surface area contributed by atoms with E-state index in [2.05, 4.69) is 49.7 Å². The predicted octanol–water partition coefficient (Wildman–Crippen LogP) is 1.79. The van der Waals surface area contributed by atoms with Crippen LogP contribution in [0.2, 0.25) is 0 Å². The normalized spacial score (nSPS) is 20.1. The molecule has 1 fully saturated rings. The Balaban J connectivity index is 2.14. The van der Waals surface area contributed by atoms with E-state index in [9.17, 15) is 0 Å². The second-order valence-corrected chi connectivity index (χ2v) is 6.14. The summed E-state index contributed by atoms with van der Waals surface area (Å²) in [6.45, 7) is 18.6. The Bertz CT molecular complexity index is 206. The summed E-state index contributed by atoms with van der Waals surface area (Å²) in [7, 11) is 0. The first kappa shape index (κ1) is 14.9. The first-order valence-electron chi connectivity index (χ1n) is 7.16. The van der Waals surface area contributed by atoms with Gasteiger partial charge in [0.25, 0.3) is 0 Å². The van der Waals surface area contributed by atoms with Gasteiger partial charge in [-0.2, -0.15) is 0 Å². The summed E-state index contributed by atoms with van der Waals surface area (Å²) in [6.07, 6.45) is 1.19. The smallest absolute Gasteiger partial charge is 0.0123 e. The predicted molar refractivity (Wildman–Crippen MR) is 75.5 cm³/mol. The van der Waals surface area contributed by atoms with Crippen molar-refractivity contribution in [1.29, 1.82) is 0 Å². The Morgan fingerprint density at radius 2 is 1.71 bits per heavy atom. The summed E-state index contributed by atoms with van der Waals surface area (Å²) in [5.74, 6) is 0. The average Bonchev–Trinajstić information content (AvgIpc) is 2.29. The zero-order valence-corrected chi connectivity index (χ0v) is 12.4. The third-order valence-electron chi connectivity index (χ3n) is 4.05. The highest BCUT2D eigenvalue weighted by molar-refractivity contribution is 4.78. The van der Waals surface area contributed by atoms with Crippen LogP contribution in [0.15, 0.2) is 0 Å². The molecule has 1 heterocycles. The van der Waals surface area contributed by atoms with Crippen molar-refractivity contribution in [3.05, 3.63) is 0 Å². The van der Waals surface area contributed by atoms with E-state index < -0.39 is 0 Å². The first-order chi connectivity index (χ1) is 7.94. The summed E-state index contributed by atoms with van der Waals surface area (Å²) in [4.78, 5) is 5.15. The van der Waals surface area contributed by atoms with E-state index in [-0.39, 0.29) is 0 Å². The van der Waals surface area contributed by atoms with Crippen molar-refractivity contribution in [2.45, 2.75) is 52.6 Å². The van der Waals surface area contributed by atoms with E-state index in [1.165, 1.54) is 39.1 Å². The number of nitrogens with zero attached hydrogens (tertiary/aromatic N) is 2. The quantitative estimate of drug-likeness (QED) is 0.765. The third-order valence-corrected chi connectivity index (χ3v) is 4.05. The Labute approximate surface area is 108 Å². The standard InChI is InChI=1S/C14H31N3/c1-6-14(4,5)15-7-8-16-9-11-17(12-10-16)13(2)3/h13,15H,6-12H2,1-5H3. The number of hydrogen-bond acceptors (Lipinski definition) is 3. The molecule has 102 valence electrons. The Kier molecular flexibility index (Phi) is 5.90. The molecule has 1 aliphatic rings. The van der Waals surface area contributed by atoms with Gasteiger partial charge in [-0.3, -0.25) is 9.80 Å². The van der Waals surface area contributed by atoms with Crippen LogP contribution in [0.3, 0.4) is 0 Å². The van der Waals surface area contributed by atoms with Gasteiger partial charge in [-0.1, -0.05) is 6.92 Å². The second kappa shape index (κ2) is 6.72. The lowest BCUT2D eigenvalue weighted by Crippen LogP contribution is -2.51. The zero-order valence-electron chi connectivity index (χ0n) is 12.4. The van der Waals surface area contributed by atoms with Crippen molar-refractivity contribution in [3.63, 3.8) is 0 Å². The van der Waals surface area contributed by atoms with Crippen LogP contribution < -0.4 is 5.32 Å². The molecule has 0 radical (unpaired) electrons. The lowest BCUT2D eigenvalue weighted by Gasteiger charge is -2.37. The largest absolute Gasteiger partial charge is 0.311 e. The highest BCUT2D eigenvalue weighted by Crippen LogP contribution is 2.07. The lowest BCUT2D eigenvalue weighted by molar-refractivity contribution is 0.107. The molecule has 0 aromatic rings. The van der Waals surface area contributed by atoms with Gasteiger partial charge in [0.15, 0.2) is 0 Å². The van der Waals surface area contributed by atoms with Gasteiger partial charge in [0.05, 0.1) is 0 Å². The number of hydrogen-bond donors (Lipinski definition) is 1. The van der Waals surface area contributed by atoms with Gasteiger partial charge in [0.1, 0.15) is 0 Å². The molecule has 0 unspecified atom stereocenters. The molecule has 0 spiro atoms. The van der Waals surface area contributed by atoms with Crippen LogP contribution in [-0.2, 0) is 0 Å². The van der Waals surface area contributed by atoms with E-state index in [0.29, 0.717) is 11.6 Å². The monoisotopic (exact) mass is 241 g/mol. The van der Waals surface area contributed by atoms with Crippen LogP contribution in [0.1, 0.15) is 41.0 Å². The highest BCUT2D eigenvalue weighted by Gasteiger charge is 2.19. The van der Waals surface area contributed by atoms with E-state index in [1.54, 1.807) is 0 Å². The highest BCUT2D eigenvalue weighted by atomic mass is 15.3. The summed E-state index contributed by atoms with van der Waals surface area (Å²) >= 11 is 0. The Morgan fingerprint density at radius 3 is 2.18 bits per heavy atom. The molecule has 1 N–H and O–H groups in total. The maximum absolute atomic E-state index is 3.63. The fourth-order valence-electron chi connectivity index (χ4n) is 2.18. The number of nitrogens with one attached hydrogen (secondary N) is 1. The van der Waals surface area contributed by atoms with Crippen LogP contribution in [0.5, 0.6) is 0 Å². The molecule has 3 nitrogen and oxygen atoms in total. The first-order valence-corrected chi connectivity index (χ1v) is 7.16. The Hall–Kier alpha value is -0.120. The van der Waals surface area contributed by atoms with Crippen LogP contribution in [0.25, 0.3) is 0 Å². The molecule has 0 aromatic carbocycles. The number of rotatable bonds is 6. The Morgan fingerprint density at radius 1 is 1.12 bits per heavy atom. The molecular weight excluding hydrogens is 210 g/mol. The fraction of sp³-hybridized carbons (Fsp3) is 1.00. The topological polar surface area (TPSA) is 18.5 Å². The van der Waals surface area contributed by atoms with Gasteiger partial charge < -0.3 is 5.32 Å². The van der Waals surface area contributed by atoms with Gasteiger partial charge in [-0.25, -0.2) is 0 Å². The molecular formula is C14H31N3. The molecule has 0 atom stereocenters. The maximum atomic E-state index is 3.63. The molecule has 0 amide bonds. The van der Waals surface area contributed by atoms with Gasteiger partial charge in [-0.05, 0) is 34.1 Å². The van der Waals surface area contributed by atoms with E-state index in [0.717, 1.165) is 6.54 Å². The van der Waals surface area contributed by atoms with E-state index >= 15 is 0 Å². The maximum Gasteiger partial charge on any atom is 0.0123 e. The molecule has 1 saturated heterocycles. The molecule has 17 heavy (non-hydrogen) atoms. The minimum atomic E-state index is 0.291. The van der Waals surface area contributed by atoms with Crippen molar-refractivity contribution >= 4 is 0 Å². The van der Waals surface area contributed by atoms with Crippen LogP contribution >= 0.6 is 0 Å².